The molecule has 0 saturated carbocycles. The predicted octanol–water partition coefficient (Wildman–Crippen LogP) is 3.12. The van der Waals surface area contributed by atoms with Crippen molar-refractivity contribution in [1.29, 1.82) is 0 Å². The monoisotopic (exact) mass is 218 g/mol. The molecule has 1 heterocycles. The van der Waals surface area contributed by atoms with Crippen LogP contribution in [0.3, 0.4) is 0 Å². The van der Waals surface area contributed by atoms with E-state index in [2.05, 4.69) is 29.2 Å². The second-order valence-electron chi connectivity index (χ2n) is 3.12. The number of rotatable bonds is 3. The predicted molar refractivity (Wildman–Crippen MR) is 63.3 cm³/mol. The van der Waals surface area contributed by atoms with Crippen molar-refractivity contribution in [2.24, 2.45) is 0 Å². The molecule has 2 rings (SSSR count). The maximum Gasteiger partial charge on any atom is 0.0991 e. The molecule has 1 aromatic heterocycles. The van der Waals surface area contributed by atoms with Gasteiger partial charge in [-0.15, -0.1) is 11.6 Å². The molecule has 0 spiro atoms. The highest BCUT2D eigenvalue weighted by Gasteiger charge is 1.93. The lowest BCUT2D eigenvalue weighted by molar-refractivity contribution is 1.06. The topological polar surface area (TPSA) is 17.8 Å². The van der Waals surface area contributed by atoms with Crippen LogP contribution in [0, 0.1) is 0 Å². The van der Waals surface area contributed by atoms with E-state index in [1.165, 1.54) is 0 Å². The van der Waals surface area contributed by atoms with Crippen LogP contribution < -0.4 is 0 Å². The first-order chi connectivity index (χ1) is 7.40. The molecule has 0 amide bonds. The van der Waals surface area contributed by atoms with Crippen LogP contribution in [0.25, 0.3) is 11.8 Å². The van der Waals surface area contributed by atoms with E-state index in [-0.39, 0.29) is 0 Å². The molecule has 0 saturated heterocycles. The SMILES string of the molecule is ClCC=Cc1ccc(-n2ccnc2)cc1. The van der Waals surface area contributed by atoms with Crippen LogP contribution in [0.4, 0.5) is 0 Å². The highest BCUT2D eigenvalue weighted by molar-refractivity contribution is 6.19. The van der Waals surface area contributed by atoms with Crippen LogP contribution >= 0.6 is 11.6 Å². The zero-order chi connectivity index (χ0) is 10.5. The van der Waals surface area contributed by atoms with Crippen molar-refractivity contribution >= 4 is 17.7 Å². The number of benzene rings is 1. The Morgan fingerprint density at radius 3 is 2.67 bits per heavy atom. The molecule has 2 aromatic rings. The summed E-state index contributed by atoms with van der Waals surface area (Å²) in [4.78, 5) is 4.00. The molecule has 1 aromatic carbocycles. The quantitative estimate of drug-likeness (QED) is 0.724. The Morgan fingerprint density at radius 1 is 1.27 bits per heavy atom. The average molecular weight is 219 g/mol. The molecule has 0 radical (unpaired) electrons. The van der Waals surface area contributed by atoms with Gasteiger partial charge in [0.15, 0.2) is 0 Å². The lowest BCUT2D eigenvalue weighted by Crippen LogP contribution is -1.88. The molecule has 0 aliphatic carbocycles. The number of imidazole rings is 1. The van der Waals surface area contributed by atoms with E-state index in [1.54, 1.807) is 12.5 Å². The highest BCUT2D eigenvalue weighted by Crippen LogP contribution is 2.10. The number of hydrogen-bond acceptors (Lipinski definition) is 1. The van der Waals surface area contributed by atoms with E-state index in [0.29, 0.717) is 5.88 Å². The third-order valence-electron chi connectivity index (χ3n) is 2.10. The van der Waals surface area contributed by atoms with Gasteiger partial charge in [0.05, 0.1) is 6.33 Å². The standard InChI is InChI=1S/C12H11ClN2/c13-7-1-2-11-3-5-12(6-4-11)15-9-8-14-10-15/h1-6,8-10H,7H2. The van der Waals surface area contributed by atoms with Gasteiger partial charge in [-0.1, -0.05) is 24.3 Å². The summed E-state index contributed by atoms with van der Waals surface area (Å²) in [6, 6.07) is 8.21. The highest BCUT2D eigenvalue weighted by atomic mass is 35.5. The van der Waals surface area contributed by atoms with Crippen molar-refractivity contribution in [3.05, 3.63) is 54.6 Å². The molecule has 15 heavy (non-hydrogen) atoms. The van der Waals surface area contributed by atoms with E-state index < -0.39 is 0 Å². The number of nitrogens with zero attached hydrogens (tertiary/aromatic N) is 2. The minimum atomic E-state index is 0.545. The summed E-state index contributed by atoms with van der Waals surface area (Å²) < 4.78 is 1.97. The fourth-order valence-corrected chi connectivity index (χ4v) is 1.44. The third kappa shape index (κ3) is 2.48. The fraction of sp³-hybridized carbons (Fsp3) is 0.0833. The summed E-state index contributed by atoms with van der Waals surface area (Å²) >= 11 is 5.56. The Kier molecular flexibility index (Phi) is 3.20. The van der Waals surface area contributed by atoms with E-state index in [1.807, 2.05) is 22.9 Å². The van der Waals surface area contributed by atoms with Gasteiger partial charge in [-0.05, 0) is 17.7 Å². The van der Waals surface area contributed by atoms with Crippen molar-refractivity contribution in [3.63, 3.8) is 0 Å². The smallest absolute Gasteiger partial charge is 0.0991 e. The third-order valence-corrected chi connectivity index (χ3v) is 2.27. The van der Waals surface area contributed by atoms with Gasteiger partial charge in [-0.3, -0.25) is 0 Å². The normalized spacial score (nSPS) is 11.0. The Morgan fingerprint density at radius 2 is 2.07 bits per heavy atom. The molecule has 0 fully saturated rings. The first kappa shape index (κ1) is 9.99. The zero-order valence-electron chi connectivity index (χ0n) is 8.18. The molecule has 0 bridgehead atoms. The maximum absolute atomic E-state index is 5.56. The summed E-state index contributed by atoms with van der Waals surface area (Å²) in [6.45, 7) is 0. The number of allylic oxidation sites excluding steroid dienone is 1. The Hall–Kier alpha value is -1.54. The van der Waals surface area contributed by atoms with Crippen LogP contribution in [0.1, 0.15) is 5.56 Å². The second kappa shape index (κ2) is 4.80. The number of halogens is 1. The molecule has 0 N–H and O–H groups in total. The van der Waals surface area contributed by atoms with Gasteiger partial charge >= 0.3 is 0 Å². The van der Waals surface area contributed by atoms with Crippen LogP contribution in [0.15, 0.2) is 49.1 Å². The first-order valence-corrected chi connectivity index (χ1v) is 5.24. The van der Waals surface area contributed by atoms with E-state index >= 15 is 0 Å². The van der Waals surface area contributed by atoms with Crippen LogP contribution in [-0.2, 0) is 0 Å². The minimum Gasteiger partial charge on any atom is -0.306 e. The summed E-state index contributed by atoms with van der Waals surface area (Å²) in [7, 11) is 0. The van der Waals surface area contributed by atoms with E-state index in [0.717, 1.165) is 11.3 Å². The van der Waals surface area contributed by atoms with Gasteiger partial charge in [0.2, 0.25) is 0 Å². The minimum absolute atomic E-state index is 0.545. The van der Waals surface area contributed by atoms with Gasteiger partial charge < -0.3 is 4.57 Å². The second-order valence-corrected chi connectivity index (χ2v) is 3.43. The lowest BCUT2D eigenvalue weighted by atomic mass is 10.2. The summed E-state index contributed by atoms with van der Waals surface area (Å²) in [6.07, 6.45) is 9.40. The van der Waals surface area contributed by atoms with Crippen molar-refractivity contribution in [1.82, 2.24) is 9.55 Å². The van der Waals surface area contributed by atoms with E-state index in [4.69, 9.17) is 11.6 Å². The van der Waals surface area contributed by atoms with Gasteiger partial charge in [-0.25, -0.2) is 4.98 Å². The van der Waals surface area contributed by atoms with Crippen molar-refractivity contribution in [2.45, 2.75) is 0 Å². The fourth-order valence-electron chi connectivity index (χ4n) is 1.35. The molecular weight excluding hydrogens is 208 g/mol. The molecule has 3 heteroatoms. The molecule has 0 aliphatic heterocycles. The van der Waals surface area contributed by atoms with Gasteiger partial charge in [0.1, 0.15) is 0 Å². The van der Waals surface area contributed by atoms with Gasteiger partial charge in [-0.2, -0.15) is 0 Å². The molecule has 2 nitrogen and oxygen atoms in total. The lowest BCUT2D eigenvalue weighted by Gasteiger charge is -2.01. The van der Waals surface area contributed by atoms with Gasteiger partial charge in [0.25, 0.3) is 0 Å². The number of hydrogen-bond donors (Lipinski definition) is 0. The van der Waals surface area contributed by atoms with Crippen molar-refractivity contribution < 1.29 is 0 Å². The molecule has 0 atom stereocenters. The Bertz CT molecular complexity index is 429. The molecule has 76 valence electrons. The molecule has 0 unspecified atom stereocenters. The van der Waals surface area contributed by atoms with Crippen LogP contribution in [0.5, 0.6) is 0 Å². The van der Waals surface area contributed by atoms with Crippen molar-refractivity contribution in [2.75, 3.05) is 5.88 Å². The van der Waals surface area contributed by atoms with Crippen LogP contribution in [0.2, 0.25) is 0 Å². The summed E-state index contributed by atoms with van der Waals surface area (Å²) in [5, 5.41) is 0. The Balaban J connectivity index is 2.21. The first-order valence-electron chi connectivity index (χ1n) is 4.71. The number of aromatic nitrogens is 2. The van der Waals surface area contributed by atoms with Crippen molar-refractivity contribution in [3.8, 4) is 5.69 Å². The summed E-state index contributed by atoms with van der Waals surface area (Å²) in [5.74, 6) is 0.545. The molecular formula is C12H11ClN2. The Labute approximate surface area is 93.8 Å². The maximum atomic E-state index is 5.56. The largest absolute Gasteiger partial charge is 0.306 e. The van der Waals surface area contributed by atoms with Gasteiger partial charge in [0, 0.05) is 24.0 Å². The average Bonchev–Trinajstić information content (AvgIpc) is 2.80. The summed E-state index contributed by atoms with van der Waals surface area (Å²) in [5.41, 5.74) is 2.26. The zero-order valence-corrected chi connectivity index (χ0v) is 8.93. The van der Waals surface area contributed by atoms with Crippen LogP contribution in [-0.4, -0.2) is 15.4 Å². The van der Waals surface area contributed by atoms with E-state index in [9.17, 15) is 0 Å². The number of alkyl halides is 1. The molecule has 0 aliphatic rings.